The van der Waals surface area contributed by atoms with Gasteiger partial charge in [-0.15, -0.1) is 0 Å². The molecule has 0 bridgehead atoms. The Bertz CT molecular complexity index is 260. The van der Waals surface area contributed by atoms with Crippen molar-refractivity contribution < 1.29 is 5.11 Å². The van der Waals surface area contributed by atoms with Crippen LogP contribution in [0.25, 0.3) is 0 Å². The summed E-state index contributed by atoms with van der Waals surface area (Å²) in [6, 6.07) is 9.93. The summed E-state index contributed by atoms with van der Waals surface area (Å²) in [5.74, 6) is 0.486. The van der Waals surface area contributed by atoms with Gasteiger partial charge in [0.25, 0.3) is 0 Å². The predicted octanol–water partition coefficient (Wildman–Crippen LogP) is 2.30. The molecule has 0 heterocycles. The van der Waals surface area contributed by atoms with Crippen molar-refractivity contribution in [3.8, 4) is 0 Å². The molecule has 1 N–H and O–H groups in total. The van der Waals surface area contributed by atoms with Crippen molar-refractivity contribution in [2.45, 2.75) is 25.4 Å². The van der Waals surface area contributed by atoms with Crippen LogP contribution in [0.2, 0.25) is 0 Å². The van der Waals surface area contributed by atoms with Crippen LogP contribution < -0.4 is 0 Å². The Kier molecular flexibility index (Phi) is 1.69. The summed E-state index contributed by atoms with van der Waals surface area (Å²) in [5, 5.41) is 10.1. The molecular weight excluding hydrogens is 148 g/mol. The van der Waals surface area contributed by atoms with Crippen LogP contribution >= 0.6 is 0 Å². The molecule has 0 aliphatic heterocycles. The average Bonchev–Trinajstić information content (AvgIpc) is 2.88. The summed E-state index contributed by atoms with van der Waals surface area (Å²) in [4.78, 5) is 0. The maximum absolute atomic E-state index is 10.1. The highest BCUT2D eigenvalue weighted by Crippen LogP contribution is 2.45. The van der Waals surface area contributed by atoms with Crippen LogP contribution in [-0.4, -0.2) is 5.11 Å². The van der Waals surface area contributed by atoms with Gasteiger partial charge in [-0.25, -0.2) is 0 Å². The lowest BCUT2D eigenvalue weighted by atomic mass is 9.91. The minimum Gasteiger partial charge on any atom is -0.385 e. The SMILES string of the molecule is CC(O)(c1ccccc1)C1CC1. The van der Waals surface area contributed by atoms with E-state index in [2.05, 4.69) is 0 Å². The minimum atomic E-state index is -0.596. The van der Waals surface area contributed by atoms with Crippen molar-refractivity contribution in [3.05, 3.63) is 35.9 Å². The first kappa shape index (κ1) is 7.81. The van der Waals surface area contributed by atoms with E-state index in [0.717, 1.165) is 5.56 Å². The molecule has 0 radical (unpaired) electrons. The Morgan fingerprint density at radius 1 is 1.25 bits per heavy atom. The third kappa shape index (κ3) is 1.25. The van der Waals surface area contributed by atoms with E-state index < -0.39 is 5.60 Å². The van der Waals surface area contributed by atoms with Gasteiger partial charge in [-0.3, -0.25) is 0 Å². The zero-order valence-corrected chi connectivity index (χ0v) is 7.33. The van der Waals surface area contributed by atoms with Gasteiger partial charge < -0.3 is 5.11 Å². The number of benzene rings is 1. The quantitative estimate of drug-likeness (QED) is 0.707. The van der Waals surface area contributed by atoms with Crippen molar-refractivity contribution in [2.75, 3.05) is 0 Å². The highest BCUT2D eigenvalue weighted by Gasteiger charge is 2.40. The van der Waals surface area contributed by atoms with E-state index in [9.17, 15) is 5.11 Å². The van der Waals surface area contributed by atoms with Crippen LogP contribution in [0.1, 0.15) is 25.3 Å². The molecule has 0 aromatic heterocycles. The Labute approximate surface area is 73.0 Å². The largest absolute Gasteiger partial charge is 0.385 e. The molecule has 64 valence electrons. The van der Waals surface area contributed by atoms with Crippen LogP contribution in [0.15, 0.2) is 30.3 Å². The van der Waals surface area contributed by atoms with Crippen molar-refractivity contribution in [2.24, 2.45) is 5.92 Å². The Morgan fingerprint density at radius 2 is 1.83 bits per heavy atom. The molecular formula is C11H14O. The molecule has 1 fully saturated rings. The maximum Gasteiger partial charge on any atom is 0.0896 e. The van der Waals surface area contributed by atoms with Gasteiger partial charge >= 0.3 is 0 Å². The molecule has 0 amide bonds. The first-order chi connectivity index (χ1) is 5.71. The fraction of sp³-hybridized carbons (Fsp3) is 0.455. The molecule has 0 spiro atoms. The normalized spacial score (nSPS) is 21.8. The molecule has 1 aromatic rings. The summed E-state index contributed by atoms with van der Waals surface area (Å²) in [7, 11) is 0. The van der Waals surface area contributed by atoms with E-state index in [1.807, 2.05) is 37.3 Å². The van der Waals surface area contributed by atoms with Crippen molar-refractivity contribution in [1.29, 1.82) is 0 Å². The monoisotopic (exact) mass is 162 g/mol. The van der Waals surface area contributed by atoms with Crippen LogP contribution in [0.4, 0.5) is 0 Å². The predicted molar refractivity (Wildman–Crippen MR) is 48.7 cm³/mol. The fourth-order valence-electron chi connectivity index (χ4n) is 1.66. The molecule has 1 nitrogen and oxygen atoms in total. The zero-order valence-electron chi connectivity index (χ0n) is 7.33. The molecule has 1 unspecified atom stereocenters. The first-order valence-electron chi connectivity index (χ1n) is 4.49. The lowest BCUT2D eigenvalue weighted by Gasteiger charge is -2.23. The molecule has 1 saturated carbocycles. The first-order valence-corrected chi connectivity index (χ1v) is 4.49. The van der Waals surface area contributed by atoms with E-state index in [1.165, 1.54) is 12.8 Å². The molecule has 2 rings (SSSR count). The van der Waals surface area contributed by atoms with E-state index >= 15 is 0 Å². The lowest BCUT2D eigenvalue weighted by Crippen LogP contribution is -2.23. The van der Waals surface area contributed by atoms with Gasteiger partial charge in [-0.2, -0.15) is 0 Å². The van der Waals surface area contributed by atoms with E-state index in [4.69, 9.17) is 0 Å². The number of hydrogen-bond donors (Lipinski definition) is 1. The average molecular weight is 162 g/mol. The number of hydrogen-bond acceptors (Lipinski definition) is 1. The lowest BCUT2D eigenvalue weighted by molar-refractivity contribution is 0.0331. The van der Waals surface area contributed by atoms with Crippen LogP contribution in [0.5, 0.6) is 0 Å². The van der Waals surface area contributed by atoms with Crippen LogP contribution in [0, 0.1) is 5.92 Å². The van der Waals surface area contributed by atoms with E-state index in [0.29, 0.717) is 5.92 Å². The fourth-order valence-corrected chi connectivity index (χ4v) is 1.66. The highest BCUT2D eigenvalue weighted by molar-refractivity contribution is 5.23. The zero-order chi connectivity index (χ0) is 8.60. The van der Waals surface area contributed by atoms with E-state index in [-0.39, 0.29) is 0 Å². The second kappa shape index (κ2) is 2.60. The van der Waals surface area contributed by atoms with Gasteiger partial charge in [0.05, 0.1) is 5.60 Å². The van der Waals surface area contributed by atoms with Gasteiger partial charge in [0.1, 0.15) is 0 Å². The molecule has 1 aliphatic carbocycles. The van der Waals surface area contributed by atoms with Gasteiger partial charge in [0.2, 0.25) is 0 Å². The summed E-state index contributed by atoms with van der Waals surface area (Å²) >= 11 is 0. The number of rotatable bonds is 2. The summed E-state index contributed by atoms with van der Waals surface area (Å²) in [5.41, 5.74) is 0.453. The molecule has 1 heteroatoms. The second-order valence-electron chi connectivity index (χ2n) is 3.79. The molecule has 0 saturated heterocycles. The van der Waals surface area contributed by atoms with Crippen molar-refractivity contribution in [1.82, 2.24) is 0 Å². The smallest absolute Gasteiger partial charge is 0.0896 e. The Balaban J connectivity index is 2.28. The third-order valence-electron chi connectivity index (χ3n) is 2.73. The van der Waals surface area contributed by atoms with Gasteiger partial charge in [0, 0.05) is 0 Å². The second-order valence-corrected chi connectivity index (χ2v) is 3.79. The minimum absolute atomic E-state index is 0.486. The van der Waals surface area contributed by atoms with Crippen LogP contribution in [-0.2, 0) is 5.60 Å². The molecule has 1 aromatic carbocycles. The van der Waals surface area contributed by atoms with Gasteiger partial charge in [0.15, 0.2) is 0 Å². The Morgan fingerprint density at radius 3 is 2.33 bits per heavy atom. The maximum atomic E-state index is 10.1. The Hall–Kier alpha value is -0.820. The number of aliphatic hydroxyl groups is 1. The summed E-state index contributed by atoms with van der Waals surface area (Å²) in [6.07, 6.45) is 2.34. The molecule has 12 heavy (non-hydrogen) atoms. The summed E-state index contributed by atoms with van der Waals surface area (Å²) in [6.45, 7) is 1.92. The highest BCUT2D eigenvalue weighted by atomic mass is 16.3. The summed E-state index contributed by atoms with van der Waals surface area (Å²) < 4.78 is 0. The third-order valence-corrected chi connectivity index (χ3v) is 2.73. The molecule has 1 aliphatic rings. The standard InChI is InChI=1S/C11H14O/c1-11(12,10-7-8-10)9-5-3-2-4-6-9/h2-6,10,12H,7-8H2,1H3. The molecule has 1 atom stereocenters. The van der Waals surface area contributed by atoms with Gasteiger partial charge in [-0.05, 0) is 31.2 Å². The topological polar surface area (TPSA) is 20.2 Å². The van der Waals surface area contributed by atoms with Crippen molar-refractivity contribution in [3.63, 3.8) is 0 Å². The van der Waals surface area contributed by atoms with E-state index in [1.54, 1.807) is 0 Å². The van der Waals surface area contributed by atoms with Crippen LogP contribution in [0.3, 0.4) is 0 Å². The van der Waals surface area contributed by atoms with Crippen molar-refractivity contribution >= 4 is 0 Å². The van der Waals surface area contributed by atoms with Gasteiger partial charge in [-0.1, -0.05) is 30.3 Å².